The number of carbonyl (C=O) groups excluding carboxylic acids is 4. The van der Waals surface area contributed by atoms with Crippen LogP contribution in [-0.4, -0.2) is 111 Å². The molecule has 8 heterocycles. The van der Waals surface area contributed by atoms with E-state index in [0.29, 0.717) is 91.4 Å². The normalized spacial score (nSPS) is 21.1. The number of ether oxygens (including phenoxy) is 4. The van der Waals surface area contributed by atoms with Gasteiger partial charge < -0.3 is 49.3 Å². The Hall–Kier alpha value is -6.73. The molecular formula is C54H62FN9O8S. The number of hydrogen-bond donors (Lipinski definition) is 4. The molecule has 11 rings (SSSR count). The summed E-state index contributed by atoms with van der Waals surface area (Å²) in [7, 11) is 2.60. The van der Waals surface area contributed by atoms with Crippen molar-refractivity contribution in [3.8, 4) is 39.5 Å². The molecule has 4 aromatic heterocycles. The van der Waals surface area contributed by atoms with E-state index < -0.39 is 42.2 Å². The number of thiophene rings is 1. The Morgan fingerprint density at radius 1 is 0.767 bits per heavy atom. The maximum Gasteiger partial charge on any atom is 0.407 e. The fourth-order valence-electron chi connectivity index (χ4n) is 11.7. The summed E-state index contributed by atoms with van der Waals surface area (Å²) in [5.41, 5.74) is 4.74. The zero-order valence-corrected chi connectivity index (χ0v) is 42.6. The molecule has 1 saturated carbocycles. The highest BCUT2D eigenvalue weighted by molar-refractivity contribution is 7.12. The molecule has 6 aromatic rings. The van der Waals surface area contributed by atoms with Gasteiger partial charge in [0.2, 0.25) is 18.0 Å². The molecule has 4 fully saturated rings. The average Bonchev–Trinajstić information content (AvgIpc) is 4.12. The van der Waals surface area contributed by atoms with Gasteiger partial charge in [-0.1, -0.05) is 19.9 Å². The van der Waals surface area contributed by atoms with Crippen LogP contribution in [0.4, 0.5) is 14.0 Å². The second-order valence-corrected chi connectivity index (χ2v) is 21.6. The smallest absolute Gasteiger partial charge is 0.407 e. The lowest BCUT2D eigenvalue weighted by atomic mass is 9.87. The lowest BCUT2D eigenvalue weighted by Crippen LogP contribution is -2.53. The van der Waals surface area contributed by atoms with Crippen LogP contribution in [0.1, 0.15) is 118 Å². The van der Waals surface area contributed by atoms with Crippen molar-refractivity contribution in [1.82, 2.24) is 44.9 Å². The number of methoxy groups -OCH3 is 2. The van der Waals surface area contributed by atoms with Crippen LogP contribution in [0, 0.1) is 23.6 Å². The molecular weight excluding hydrogens is 954 g/mol. The minimum absolute atomic E-state index is 0.0511. The molecule has 1 aliphatic carbocycles. The molecule has 6 unspecified atom stereocenters. The van der Waals surface area contributed by atoms with Crippen LogP contribution in [0.25, 0.3) is 44.7 Å². The number of H-pyrrole nitrogens is 2. The van der Waals surface area contributed by atoms with Crippen LogP contribution in [-0.2, 0) is 23.8 Å². The SMILES string of the molecule is COC(=O)NC(C)C(C(=O)N1CCCC1c1ncc(-c2cc(F)c3c(c2)OC(c2ccc(C4CC4)s2)n2c-3cc3cc(-c4cnc(C5CCCN5C(=O)C(NC(=O)OC)C5CCOCC5)[nH]4)ccc32)[nH]1)C(C)C. The van der Waals surface area contributed by atoms with Gasteiger partial charge in [0, 0.05) is 53.7 Å². The highest BCUT2D eigenvalue weighted by Gasteiger charge is 2.42. The number of nitrogens with one attached hydrogen (secondary N) is 4. The number of imidazole rings is 2. The van der Waals surface area contributed by atoms with Crippen LogP contribution in [0.5, 0.6) is 5.75 Å². The highest BCUT2D eigenvalue weighted by atomic mass is 32.1. The predicted octanol–water partition coefficient (Wildman–Crippen LogP) is 9.60. The maximum absolute atomic E-state index is 17.0. The second kappa shape index (κ2) is 19.9. The molecule has 3 saturated heterocycles. The Bertz CT molecular complexity index is 3060. The monoisotopic (exact) mass is 1020 g/mol. The number of hydrogen-bond acceptors (Lipinski definition) is 11. The first-order valence-corrected chi connectivity index (χ1v) is 26.4. The van der Waals surface area contributed by atoms with Gasteiger partial charge in [-0.3, -0.25) is 14.2 Å². The number of carbonyl (C=O) groups is 4. The van der Waals surface area contributed by atoms with E-state index in [4.69, 9.17) is 28.9 Å². The number of benzene rings is 2. The van der Waals surface area contributed by atoms with Crippen molar-refractivity contribution in [2.45, 2.75) is 108 Å². The number of fused-ring (bicyclic) bond motifs is 5. The van der Waals surface area contributed by atoms with Crippen molar-refractivity contribution >= 4 is 46.2 Å². The molecule has 4 amide bonds. The zero-order chi connectivity index (χ0) is 50.7. The highest BCUT2D eigenvalue weighted by Crippen LogP contribution is 2.50. The van der Waals surface area contributed by atoms with Crippen LogP contribution < -0.4 is 15.4 Å². The number of likely N-dealkylation sites (tertiary alicyclic amines) is 2. The largest absolute Gasteiger partial charge is 0.464 e. The van der Waals surface area contributed by atoms with Gasteiger partial charge in [0.15, 0.2) is 0 Å². The molecule has 384 valence electrons. The Kier molecular flexibility index (Phi) is 13.3. The molecule has 2 aromatic carbocycles. The molecule has 19 heteroatoms. The van der Waals surface area contributed by atoms with Crippen LogP contribution in [0.2, 0.25) is 0 Å². The third kappa shape index (κ3) is 9.23. The van der Waals surface area contributed by atoms with E-state index in [1.54, 1.807) is 23.7 Å². The van der Waals surface area contributed by atoms with Crippen molar-refractivity contribution in [3.63, 3.8) is 0 Å². The van der Waals surface area contributed by atoms with Crippen molar-refractivity contribution in [1.29, 1.82) is 0 Å². The van der Waals surface area contributed by atoms with Gasteiger partial charge in [-0.15, -0.1) is 11.3 Å². The first-order chi connectivity index (χ1) is 35.4. The van der Waals surface area contributed by atoms with E-state index in [1.807, 2.05) is 54.8 Å². The first kappa shape index (κ1) is 48.5. The number of aromatic nitrogens is 5. The Labute approximate surface area is 426 Å². The third-order valence-electron chi connectivity index (χ3n) is 15.5. The van der Waals surface area contributed by atoms with E-state index in [0.717, 1.165) is 46.3 Å². The number of rotatable bonds is 13. The quantitative estimate of drug-likeness (QED) is 0.0864. The number of halogens is 1. The Morgan fingerprint density at radius 2 is 1.41 bits per heavy atom. The summed E-state index contributed by atoms with van der Waals surface area (Å²) in [6.07, 6.45) is 8.37. The lowest BCUT2D eigenvalue weighted by molar-refractivity contribution is -0.139. The van der Waals surface area contributed by atoms with Crippen LogP contribution in [0.15, 0.2) is 60.9 Å². The first-order valence-electron chi connectivity index (χ1n) is 25.6. The molecule has 17 nitrogen and oxygen atoms in total. The molecule has 73 heavy (non-hydrogen) atoms. The number of amides is 4. The minimum Gasteiger partial charge on any atom is -0.464 e. The van der Waals surface area contributed by atoms with Gasteiger partial charge in [-0.2, -0.15) is 0 Å². The van der Waals surface area contributed by atoms with E-state index in [-0.39, 0.29) is 35.7 Å². The molecule has 0 radical (unpaired) electrons. The van der Waals surface area contributed by atoms with Crippen molar-refractivity contribution < 1.29 is 42.5 Å². The predicted molar refractivity (Wildman–Crippen MR) is 271 cm³/mol. The Balaban J connectivity index is 0.890. The fraction of sp³-hybridized carbons (Fsp3) is 0.481. The fourth-order valence-corrected chi connectivity index (χ4v) is 12.9. The van der Waals surface area contributed by atoms with E-state index >= 15 is 4.39 Å². The number of aromatic amines is 2. The molecule has 5 aliphatic rings. The van der Waals surface area contributed by atoms with Crippen molar-refractivity contribution in [2.75, 3.05) is 40.5 Å². The van der Waals surface area contributed by atoms with Gasteiger partial charge in [0.1, 0.15) is 29.3 Å². The molecule has 6 atom stereocenters. The standard InChI is InChI=1S/C54H62FN9O8S/c1-28(2)45(29(3)58-53(67)69-4)50(65)62-18-6-8-39(62)48-57-27-37(60-48)33-23-35(55)46-41-24-34-22-32(12-13-38(34)64(41)52(72-42(46)25-33)44-15-14-43(73-44)30-10-11-30)36-26-56-49(59-36)40-9-7-19-63(40)51(66)47(61-54(68)70-5)31-16-20-71-21-17-31/h12-15,22-31,39-40,45,47,52H,6-11,16-21H2,1-5H3,(H,56,59)(H,57,60)(H,58,67)(H,61,68). The van der Waals surface area contributed by atoms with Crippen LogP contribution in [0.3, 0.4) is 0 Å². The van der Waals surface area contributed by atoms with Crippen LogP contribution >= 0.6 is 11.3 Å². The molecule has 4 aliphatic heterocycles. The van der Waals surface area contributed by atoms with E-state index in [2.05, 4.69) is 43.4 Å². The summed E-state index contributed by atoms with van der Waals surface area (Å²) in [5.74, 6) is 0.977. The topological polar surface area (TPSA) is 198 Å². The summed E-state index contributed by atoms with van der Waals surface area (Å²) in [4.78, 5) is 75.5. The maximum atomic E-state index is 17.0. The Morgan fingerprint density at radius 3 is 2.07 bits per heavy atom. The second-order valence-electron chi connectivity index (χ2n) is 20.5. The van der Waals surface area contributed by atoms with Gasteiger partial charge in [-0.25, -0.2) is 23.9 Å². The number of alkyl carbamates (subject to hydrolysis) is 2. The third-order valence-corrected chi connectivity index (χ3v) is 16.8. The van der Waals surface area contributed by atoms with Gasteiger partial charge in [-0.05, 0) is 119 Å². The molecule has 4 N–H and O–H groups in total. The van der Waals surface area contributed by atoms with Gasteiger partial charge in [0.05, 0.1) is 77.7 Å². The summed E-state index contributed by atoms with van der Waals surface area (Å²) >= 11 is 1.74. The molecule has 0 spiro atoms. The van der Waals surface area contributed by atoms with E-state index in [1.165, 1.54) is 38.0 Å². The van der Waals surface area contributed by atoms with Crippen molar-refractivity contribution in [3.05, 3.63) is 88.1 Å². The zero-order valence-electron chi connectivity index (χ0n) is 41.7. The summed E-state index contributed by atoms with van der Waals surface area (Å²) in [6.45, 7) is 7.92. The summed E-state index contributed by atoms with van der Waals surface area (Å²) < 4.78 is 41.4. The van der Waals surface area contributed by atoms with Crippen molar-refractivity contribution in [2.24, 2.45) is 17.8 Å². The van der Waals surface area contributed by atoms with Gasteiger partial charge in [0.25, 0.3) is 0 Å². The number of nitrogens with zero attached hydrogens (tertiary/aromatic N) is 5. The summed E-state index contributed by atoms with van der Waals surface area (Å²) in [6, 6.07) is 14.1. The molecule has 0 bridgehead atoms. The van der Waals surface area contributed by atoms with Gasteiger partial charge >= 0.3 is 12.2 Å². The average molecular weight is 1020 g/mol. The minimum atomic E-state index is -0.735. The van der Waals surface area contributed by atoms with E-state index in [9.17, 15) is 19.2 Å². The lowest BCUT2D eigenvalue weighted by Gasteiger charge is -2.34. The summed E-state index contributed by atoms with van der Waals surface area (Å²) in [5, 5.41) is 6.51.